The lowest BCUT2D eigenvalue weighted by molar-refractivity contribution is -0.111. The maximum Gasteiger partial charge on any atom is 0.185 e. The minimum absolute atomic E-state index is 0.146. The molecule has 1 aliphatic carbocycles. The summed E-state index contributed by atoms with van der Waals surface area (Å²) in [5.74, 6) is 0.146. The molecular formula is C20H27N3O. The Morgan fingerprint density at radius 3 is 2.25 bits per heavy atom. The van der Waals surface area contributed by atoms with Gasteiger partial charge in [0.15, 0.2) is 5.78 Å². The second kappa shape index (κ2) is 8.48. The number of hydrazone groups is 1. The molecule has 1 saturated carbocycles. The van der Waals surface area contributed by atoms with Crippen LogP contribution in [-0.4, -0.2) is 44.2 Å². The predicted molar refractivity (Wildman–Crippen MR) is 102 cm³/mol. The van der Waals surface area contributed by atoms with Crippen molar-refractivity contribution in [1.29, 1.82) is 0 Å². The Morgan fingerprint density at radius 2 is 1.67 bits per heavy atom. The fraction of sp³-hybridized carbons (Fsp3) is 0.400. The molecular weight excluding hydrogens is 298 g/mol. The quantitative estimate of drug-likeness (QED) is 0.454. The van der Waals surface area contributed by atoms with E-state index in [4.69, 9.17) is 0 Å². The Morgan fingerprint density at radius 1 is 1.04 bits per heavy atom. The van der Waals surface area contributed by atoms with Crippen LogP contribution >= 0.6 is 0 Å². The zero-order chi connectivity index (χ0) is 17.5. The summed E-state index contributed by atoms with van der Waals surface area (Å²) < 4.78 is 0. The number of hydrogen-bond acceptors (Lipinski definition) is 4. The van der Waals surface area contributed by atoms with Gasteiger partial charge in [-0.05, 0) is 56.5 Å². The van der Waals surface area contributed by atoms with Gasteiger partial charge in [0.05, 0.1) is 0 Å². The number of nitrogens with zero attached hydrogens (tertiary/aromatic N) is 3. The van der Waals surface area contributed by atoms with Crippen LogP contribution in [0.25, 0.3) is 6.08 Å². The van der Waals surface area contributed by atoms with E-state index in [-0.39, 0.29) is 5.78 Å². The number of Topliss-reactive ketones (excluding diaryl/α,β-unsaturated/α-hetero) is 1. The van der Waals surface area contributed by atoms with Gasteiger partial charge in [-0.25, -0.2) is 0 Å². The monoisotopic (exact) mass is 325 g/mol. The van der Waals surface area contributed by atoms with Gasteiger partial charge < -0.3 is 9.91 Å². The highest BCUT2D eigenvalue weighted by molar-refractivity contribution is 6.14. The van der Waals surface area contributed by atoms with Crippen molar-refractivity contribution in [3.05, 3.63) is 47.1 Å². The summed E-state index contributed by atoms with van der Waals surface area (Å²) in [5, 5.41) is 5.84. The number of hydrogen-bond donors (Lipinski definition) is 0. The number of anilines is 1. The van der Waals surface area contributed by atoms with Crippen LogP contribution in [0.3, 0.4) is 0 Å². The van der Waals surface area contributed by atoms with E-state index in [0.29, 0.717) is 0 Å². The third-order valence-corrected chi connectivity index (χ3v) is 4.18. The molecule has 4 heteroatoms. The Kier molecular flexibility index (Phi) is 6.36. The third kappa shape index (κ3) is 4.57. The Hall–Kier alpha value is -2.36. The van der Waals surface area contributed by atoms with Gasteiger partial charge in [-0.1, -0.05) is 12.1 Å². The van der Waals surface area contributed by atoms with E-state index in [1.807, 2.05) is 26.2 Å². The summed E-state index contributed by atoms with van der Waals surface area (Å²) >= 11 is 0. The fourth-order valence-electron chi connectivity index (χ4n) is 2.83. The van der Waals surface area contributed by atoms with Crippen LogP contribution in [0.5, 0.6) is 0 Å². The summed E-state index contributed by atoms with van der Waals surface area (Å²) in [6.45, 7) is 6.31. The van der Waals surface area contributed by atoms with Crippen LogP contribution in [0.1, 0.15) is 32.3 Å². The number of allylic oxidation sites excluding steroid dienone is 3. The van der Waals surface area contributed by atoms with E-state index in [9.17, 15) is 4.79 Å². The average molecular weight is 325 g/mol. The van der Waals surface area contributed by atoms with Crippen LogP contribution < -0.4 is 4.90 Å². The van der Waals surface area contributed by atoms with Crippen molar-refractivity contribution in [2.75, 3.05) is 32.1 Å². The van der Waals surface area contributed by atoms with Gasteiger partial charge in [0.25, 0.3) is 0 Å². The van der Waals surface area contributed by atoms with Crippen molar-refractivity contribution in [3.63, 3.8) is 0 Å². The molecule has 1 fully saturated rings. The average Bonchev–Trinajstić information content (AvgIpc) is 2.90. The standard InChI is InChI=1S/C20H27N3O/c1-5-23(6-2)19-11-7-16(8-12-19)15-18-10-9-17(20(18)24)13-14-21-22(3)4/h7-8,11-15H,5-6,9-10H2,1-4H3/b17-13+,18-15+,21-14+. The first-order chi connectivity index (χ1) is 11.5. The molecule has 0 spiro atoms. The van der Waals surface area contributed by atoms with Crippen LogP contribution in [0.15, 0.2) is 46.6 Å². The number of rotatable bonds is 6. The Labute approximate surface area is 145 Å². The summed E-state index contributed by atoms with van der Waals surface area (Å²) in [4.78, 5) is 14.7. The molecule has 0 aromatic heterocycles. The zero-order valence-electron chi connectivity index (χ0n) is 15.1. The van der Waals surface area contributed by atoms with Crippen LogP contribution in [0, 0.1) is 0 Å². The molecule has 1 aromatic carbocycles. The second-order valence-electron chi connectivity index (χ2n) is 6.07. The molecule has 0 amide bonds. The van der Waals surface area contributed by atoms with E-state index in [1.165, 1.54) is 5.69 Å². The maximum absolute atomic E-state index is 12.4. The van der Waals surface area contributed by atoms with Crippen LogP contribution in [0.4, 0.5) is 5.69 Å². The molecule has 0 heterocycles. The largest absolute Gasteiger partial charge is 0.372 e. The molecule has 0 saturated heterocycles. The molecule has 1 aliphatic rings. The van der Waals surface area contributed by atoms with Gasteiger partial charge >= 0.3 is 0 Å². The molecule has 128 valence electrons. The van der Waals surface area contributed by atoms with Crippen LogP contribution in [0.2, 0.25) is 0 Å². The Balaban J connectivity index is 2.10. The van der Waals surface area contributed by atoms with Crippen molar-refractivity contribution >= 4 is 23.8 Å². The van der Waals surface area contributed by atoms with Gasteiger partial charge in [-0.3, -0.25) is 4.79 Å². The number of carbonyl (C=O) groups is 1. The minimum Gasteiger partial charge on any atom is -0.372 e. The van der Waals surface area contributed by atoms with Gasteiger partial charge in [0, 0.05) is 50.2 Å². The van der Waals surface area contributed by atoms with E-state index in [1.54, 1.807) is 11.2 Å². The summed E-state index contributed by atoms with van der Waals surface area (Å²) in [6.07, 6.45) is 7.12. The molecule has 2 rings (SSSR count). The minimum atomic E-state index is 0.146. The molecule has 0 atom stereocenters. The van der Waals surface area contributed by atoms with E-state index in [0.717, 1.165) is 42.6 Å². The lowest BCUT2D eigenvalue weighted by atomic mass is 10.1. The van der Waals surface area contributed by atoms with Gasteiger partial charge in [-0.15, -0.1) is 0 Å². The zero-order valence-corrected chi connectivity index (χ0v) is 15.1. The van der Waals surface area contributed by atoms with Crippen molar-refractivity contribution in [1.82, 2.24) is 5.01 Å². The number of carbonyl (C=O) groups excluding carboxylic acids is 1. The van der Waals surface area contributed by atoms with Gasteiger partial charge in [0.2, 0.25) is 0 Å². The predicted octanol–water partition coefficient (Wildman–Crippen LogP) is 3.75. The first-order valence-electron chi connectivity index (χ1n) is 8.55. The van der Waals surface area contributed by atoms with Crippen molar-refractivity contribution in [2.45, 2.75) is 26.7 Å². The second-order valence-corrected chi connectivity index (χ2v) is 6.07. The maximum atomic E-state index is 12.4. The highest BCUT2D eigenvalue weighted by Crippen LogP contribution is 2.28. The van der Waals surface area contributed by atoms with Gasteiger partial charge in [-0.2, -0.15) is 5.10 Å². The molecule has 0 bridgehead atoms. The van der Waals surface area contributed by atoms with E-state index < -0.39 is 0 Å². The highest BCUT2D eigenvalue weighted by Gasteiger charge is 2.22. The summed E-state index contributed by atoms with van der Waals surface area (Å²) in [6, 6.07) is 8.42. The third-order valence-electron chi connectivity index (χ3n) is 4.18. The summed E-state index contributed by atoms with van der Waals surface area (Å²) in [7, 11) is 3.72. The molecule has 0 radical (unpaired) electrons. The smallest absolute Gasteiger partial charge is 0.185 e. The van der Waals surface area contributed by atoms with Crippen LogP contribution in [-0.2, 0) is 4.79 Å². The number of ketones is 1. The lowest BCUT2D eigenvalue weighted by Crippen LogP contribution is -2.21. The van der Waals surface area contributed by atoms with Crippen molar-refractivity contribution < 1.29 is 4.79 Å². The molecule has 0 unspecified atom stereocenters. The van der Waals surface area contributed by atoms with E-state index in [2.05, 4.69) is 48.1 Å². The number of benzene rings is 1. The molecule has 0 aliphatic heterocycles. The Bertz CT molecular complexity index is 650. The molecule has 1 aromatic rings. The van der Waals surface area contributed by atoms with Gasteiger partial charge in [0.1, 0.15) is 0 Å². The lowest BCUT2D eigenvalue weighted by Gasteiger charge is -2.20. The topological polar surface area (TPSA) is 35.9 Å². The molecule has 4 nitrogen and oxygen atoms in total. The van der Waals surface area contributed by atoms with Crippen molar-refractivity contribution in [3.8, 4) is 0 Å². The molecule has 0 N–H and O–H groups in total. The van der Waals surface area contributed by atoms with E-state index >= 15 is 0 Å². The highest BCUT2D eigenvalue weighted by atomic mass is 16.1. The summed E-state index contributed by atoms with van der Waals surface area (Å²) in [5.41, 5.74) is 4.03. The van der Waals surface area contributed by atoms with Crippen molar-refractivity contribution in [2.24, 2.45) is 5.10 Å². The fourth-order valence-corrected chi connectivity index (χ4v) is 2.83. The first-order valence-corrected chi connectivity index (χ1v) is 8.55. The normalized spacial score (nSPS) is 18.1. The first kappa shape index (κ1) is 18.0. The SMILES string of the molecule is CCN(CC)c1ccc(/C=C2\CC/C(=C\C=N\N(C)C)C2=O)cc1. The molecule has 24 heavy (non-hydrogen) atoms.